The maximum Gasteiger partial charge on any atom is 0.0467 e. The van der Waals surface area contributed by atoms with E-state index in [0.29, 0.717) is 0 Å². The van der Waals surface area contributed by atoms with Gasteiger partial charge in [0.2, 0.25) is 0 Å². The molecule has 0 atom stereocenters. The van der Waals surface area contributed by atoms with Crippen LogP contribution in [0.1, 0.15) is 55.4 Å². The summed E-state index contributed by atoms with van der Waals surface area (Å²) in [6.45, 7) is 24.5. The van der Waals surface area contributed by atoms with Gasteiger partial charge in [0.05, 0.1) is 0 Å². The van der Waals surface area contributed by atoms with Crippen LogP contribution in [-0.2, 0) is 0 Å². The normalized spacial score (nSPS) is 9.04. The molecule has 0 aliphatic rings. The first-order valence-corrected chi connectivity index (χ1v) is 9.88. The lowest BCUT2D eigenvalue weighted by atomic mass is 10.1. The van der Waals surface area contributed by atoms with Gasteiger partial charge in [-0.3, -0.25) is 0 Å². The van der Waals surface area contributed by atoms with Gasteiger partial charge >= 0.3 is 0 Å². The Morgan fingerprint density at radius 1 is 0.704 bits per heavy atom. The molecule has 2 aromatic rings. The Morgan fingerprint density at radius 3 is 1.56 bits per heavy atom. The molecule has 0 amide bonds. The number of nitrogens with zero attached hydrogens (tertiary/aromatic N) is 1. The Kier molecular flexibility index (Phi) is 11.6. The molecule has 0 fully saturated rings. The smallest absolute Gasteiger partial charge is 0.0467 e. The molecule has 0 saturated heterocycles. The number of rotatable bonds is 5. The third-order valence-corrected chi connectivity index (χ3v) is 3.88. The lowest BCUT2D eigenvalue weighted by Gasteiger charge is -2.29. The third kappa shape index (κ3) is 6.29. The second kappa shape index (κ2) is 12.8. The zero-order valence-electron chi connectivity index (χ0n) is 18.6. The molecule has 0 aliphatic carbocycles. The molecule has 2 rings (SSSR count). The molecule has 27 heavy (non-hydrogen) atoms. The van der Waals surface area contributed by atoms with Gasteiger partial charge < -0.3 is 4.90 Å². The fourth-order valence-electron chi connectivity index (χ4n) is 2.76. The largest absolute Gasteiger partial charge is 0.311 e. The van der Waals surface area contributed by atoms with Crippen molar-refractivity contribution in [3.05, 3.63) is 90.3 Å². The topological polar surface area (TPSA) is 3.24 Å². The van der Waals surface area contributed by atoms with Crippen LogP contribution in [0.5, 0.6) is 0 Å². The van der Waals surface area contributed by atoms with Crippen molar-refractivity contribution in [2.45, 2.75) is 55.4 Å². The summed E-state index contributed by atoms with van der Waals surface area (Å²) < 4.78 is 0. The van der Waals surface area contributed by atoms with Crippen LogP contribution in [0.25, 0.3) is 10.8 Å². The van der Waals surface area contributed by atoms with E-state index < -0.39 is 0 Å². The first-order valence-electron chi connectivity index (χ1n) is 9.88. The van der Waals surface area contributed by atoms with Crippen LogP contribution in [0.3, 0.4) is 0 Å². The number of allylic oxidation sites excluding steroid dienone is 4. The number of fused-ring (bicyclic) bond motifs is 1. The second-order valence-electron chi connectivity index (χ2n) is 6.05. The van der Waals surface area contributed by atoms with Gasteiger partial charge in [0.15, 0.2) is 0 Å². The predicted octanol–water partition coefficient (Wildman–Crippen LogP) is 8.66. The lowest BCUT2D eigenvalue weighted by molar-refractivity contribution is 1.07. The first-order chi connectivity index (χ1) is 13.0. The molecule has 1 nitrogen and oxygen atoms in total. The fraction of sp³-hybridized carbons (Fsp3) is 0.308. The van der Waals surface area contributed by atoms with E-state index in [1.54, 1.807) is 0 Å². The number of hydrogen-bond donors (Lipinski definition) is 0. The summed E-state index contributed by atoms with van der Waals surface area (Å²) in [6.07, 6.45) is 3.83. The monoisotopic (exact) mass is 363 g/mol. The number of hydrogen-bond acceptors (Lipinski definition) is 1. The molecule has 146 valence electrons. The van der Waals surface area contributed by atoms with Crippen molar-refractivity contribution in [3.8, 4) is 0 Å². The average molecular weight is 364 g/mol. The highest BCUT2D eigenvalue weighted by molar-refractivity contribution is 5.87. The van der Waals surface area contributed by atoms with E-state index in [4.69, 9.17) is 0 Å². The molecule has 0 aliphatic heterocycles. The minimum absolute atomic E-state index is 1.09. The molecule has 0 N–H and O–H groups in total. The average Bonchev–Trinajstić information content (AvgIpc) is 2.70. The lowest BCUT2D eigenvalue weighted by Crippen LogP contribution is -2.21. The molecule has 0 spiro atoms. The summed E-state index contributed by atoms with van der Waals surface area (Å²) >= 11 is 0. The second-order valence-corrected chi connectivity index (χ2v) is 6.05. The van der Waals surface area contributed by atoms with Gasteiger partial charge in [0, 0.05) is 17.1 Å². The first kappa shape index (κ1) is 24.5. The molecular formula is C26H37N. The van der Waals surface area contributed by atoms with E-state index >= 15 is 0 Å². The molecule has 0 bridgehead atoms. The van der Waals surface area contributed by atoms with Crippen molar-refractivity contribution in [1.82, 2.24) is 0 Å². The molecule has 0 unspecified atom stereocenters. The quantitative estimate of drug-likeness (QED) is 0.480. The predicted molar refractivity (Wildman–Crippen MR) is 126 cm³/mol. The summed E-state index contributed by atoms with van der Waals surface area (Å²) in [6, 6.07) is 14.9. The zero-order valence-corrected chi connectivity index (χ0v) is 18.6. The van der Waals surface area contributed by atoms with Gasteiger partial charge in [-0.2, -0.15) is 0 Å². The maximum absolute atomic E-state index is 4.01. The minimum atomic E-state index is 1.09. The molecule has 0 saturated carbocycles. The Morgan fingerprint density at radius 2 is 1.15 bits per heavy atom. The van der Waals surface area contributed by atoms with Gasteiger partial charge in [0.1, 0.15) is 0 Å². The molecular weight excluding hydrogens is 326 g/mol. The van der Waals surface area contributed by atoms with E-state index in [0.717, 1.165) is 17.1 Å². The van der Waals surface area contributed by atoms with E-state index in [1.807, 2.05) is 39.8 Å². The van der Waals surface area contributed by atoms with Crippen LogP contribution in [0.4, 0.5) is 5.69 Å². The third-order valence-electron chi connectivity index (χ3n) is 3.88. The van der Waals surface area contributed by atoms with Crippen molar-refractivity contribution < 1.29 is 0 Å². The fourth-order valence-corrected chi connectivity index (χ4v) is 2.76. The van der Waals surface area contributed by atoms with Crippen molar-refractivity contribution >= 4 is 16.5 Å². The highest BCUT2D eigenvalue weighted by atomic mass is 15.2. The van der Waals surface area contributed by atoms with Crippen LogP contribution in [-0.4, -0.2) is 0 Å². The molecule has 0 radical (unpaired) electrons. The van der Waals surface area contributed by atoms with Crippen molar-refractivity contribution in [1.29, 1.82) is 0 Å². The summed E-state index contributed by atoms with van der Waals surface area (Å²) in [7, 11) is 0. The summed E-state index contributed by atoms with van der Waals surface area (Å²) in [5, 5.41) is 2.47. The molecule has 0 aromatic heterocycles. The Balaban J connectivity index is 0.00000158. The molecule has 1 heteroatoms. The van der Waals surface area contributed by atoms with Crippen molar-refractivity contribution in [2.75, 3.05) is 4.90 Å². The van der Waals surface area contributed by atoms with E-state index in [1.165, 1.54) is 21.9 Å². The van der Waals surface area contributed by atoms with Crippen LogP contribution < -0.4 is 4.90 Å². The van der Waals surface area contributed by atoms with E-state index in [-0.39, 0.29) is 0 Å². The van der Waals surface area contributed by atoms with Gasteiger partial charge in [-0.25, -0.2) is 0 Å². The Bertz CT molecular complexity index is 768. The van der Waals surface area contributed by atoms with Crippen LogP contribution in [0.15, 0.2) is 90.3 Å². The maximum atomic E-state index is 4.01. The van der Waals surface area contributed by atoms with Gasteiger partial charge in [-0.15, -0.1) is 0 Å². The minimum Gasteiger partial charge on any atom is -0.311 e. The van der Waals surface area contributed by atoms with Crippen LogP contribution in [0, 0.1) is 0 Å². The van der Waals surface area contributed by atoms with Gasteiger partial charge in [-0.05, 0) is 62.8 Å². The Hall–Kier alpha value is -2.54. The van der Waals surface area contributed by atoms with Crippen molar-refractivity contribution in [2.24, 2.45) is 0 Å². The van der Waals surface area contributed by atoms with Crippen LogP contribution >= 0.6 is 0 Å². The van der Waals surface area contributed by atoms with Gasteiger partial charge in [0.25, 0.3) is 0 Å². The highest BCUT2D eigenvalue weighted by Crippen LogP contribution is 2.31. The van der Waals surface area contributed by atoms with Crippen LogP contribution in [0.2, 0.25) is 0 Å². The van der Waals surface area contributed by atoms with E-state index in [9.17, 15) is 0 Å². The van der Waals surface area contributed by atoms with Crippen molar-refractivity contribution in [3.63, 3.8) is 0 Å². The highest BCUT2D eigenvalue weighted by Gasteiger charge is 2.15. The number of benzene rings is 2. The van der Waals surface area contributed by atoms with E-state index in [2.05, 4.69) is 88.2 Å². The summed E-state index contributed by atoms with van der Waals surface area (Å²) in [5.41, 5.74) is 5.74. The molecule has 0 heterocycles. The Labute approximate surface area is 167 Å². The zero-order chi connectivity index (χ0) is 21.0. The van der Waals surface area contributed by atoms with Gasteiger partial charge in [-0.1, -0.05) is 82.3 Å². The SMILES string of the molecule is C=CC(=C(C)C)N(C(C=C)=C(C)C)c1ccc2ccccc2c1.CC.CC. The summed E-state index contributed by atoms with van der Waals surface area (Å²) in [4.78, 5) is 2.23. The molecule has 2 aromatic carbocycles. The standard InChI is InChI=1S/C22H25N.2C2H6/c1-7-21(16(3)4)23(22(8-2)17(5)6)20-14-13-18-11-9-10-12-19(18)15-20;2*1-2/h7-15H,1-2H2,3-6H3;2*1-2H3. The number of anilines is 1. The summed E-state index contributed by atoms with van der Waals surface area (Å²) in [5.74, 6) is 0.